The van der Waals surface area contributed by atoms with Gasteiger partial charge in [0.2, 0.25) is 0 Å². The van der Waals surface area contributed by atoms with E-state index in [0.717, 1.165) is 51.1 Å². The van der Waals surface area contributed by atoms with Crippen LogP contribution in [-0.2, 0) is 11.3 Å². The molecule has 2 saturated heterocycles. The Bertz CT molecular complexity index is 633. The number of guanidine groups is 1. The Morgan fingerprint density at radius 3 is 2.93 bits per heavy atom. The number of likely N-dealkylation sites (N-methyl/N-ethyl adjacent to an activating group) is 1. The fourth-order valence-electron chi connectivity index (χ4n) is 3.76. The van der Waals surface area contributed by atoms with Crippen LogP contribution in [0.2, 0.25) is 0 Å². The average Bonchev–Trinajstić information content (AvgIpc) is 3.29. The summed E-state index contributed by atoms with van der Waals surface area (Å²) in [5.41, 5.74) is 1.52. The van der Waals surface area contributed by atoms with Crippen molar-refractivity contribution in [3.8, 4) is 5.75 Å². The monoisotopic (exact) mass is 502 g/mol. The first-order valence-electron chi connectivity index (χ1n) is 10.1. The standard InChI is InChI=1S/C21H34N4O2.HI/c1-4-22-20(25-10-8-21(16-25)9-12-26-17-21)23-15-18-6-5-7-19(14-18)27-13-11-24(2)3;/h5-7,14H,4,8-13,15-17H2,1-3H3,(H,22,23);1H. The highest BCUT2D eigenvalue weighted by atomic mass is 127. The quantitative estimate of drug-likeness (QED) is 0.353. The summed E-state index contributed by atoms with van der Waals surface area (Å²) in [4.78, 5) is 9.42. The van der Waals surface area contributed by atoms with Gasteiger partial charge in [-0.2, -0.15) is 0 Å². The van der Waals surface area contributed by atoms with Crippen molar-refractivity contribution in [2.75, 3.05) is 60.1 Å². The Kier molecular flexibility index (Phi) is 9.30. The van der Waals surface area contributed by atoms with E-state index >= 15 is 0 Å². The van der Waals surface area contributed by atoms with Gasteiger partial charge < -0.3 is 24.6 Å². The normalized spacial score (nSPS) is 22.0. The molecule has 1 aromatic rings. The molecular formula is C21H35IN4O2. The molecule has 1 atom stereocenters. The predicted octanol–water partition coefficient (Wildman–Crippen LogP) is 2.82. The number of halogens is 1. The average molecular weight is 502 g/mol. The summed E-state index contributed by atoms with van der Waals surface area (Å²) < 4.78 is 11.5. The maximum atomic E-state index is 5.84. The summed E-state index contributed by atoms with van der Waals surface area (Å²) in [6.07, 6.45) is 2.38. The SMILES string of the molecule is CCNC(=NCc1cccc(OCCN(C)C)c1)N1CCC2(CCOC2)C1.I. The fourth-order valence-corrected chi connectivity index (χ4v) is 3.76. The van der Waals surface area contributed by atoms with Crippen LogP contribution in [0.1, 0.15) is 25.3 Å². The number of rotatable bonds is 7. The van der Waals surface area contributed by atoms with E-state index in [-0.39, 0.29) is 24.0 Å². The second-order valence-electron chi connectivity index (χ2n) is 7.94. The third-order valence-corrected chi connectivity index (χ3v) is 5.37. The van der Waals surface area contributed by atoms with Gasteiger partial charge >= 0.3 is 0 Å². The van der Waals surface area contributed by atoms with Crippen LogP contribution >= 0.6 is 24.0 Å². The number of hydrogen-bond acceptors (Lipinski definition) is 4. The number of benzene rings is 1. The first-order valence-corrected chi connectivity index (χ1v) is 10.1. The molecule has 1 N–H and O–H groups in total. The van der Waals surface area contributed by atoms with Crippen LogP contribution in [0.3, 0.4) is 0 Å². The smallest absolute Gasteiger partial charge is 0.194 e. The van der Waals surface area contributed by atoms with Crippen molar-refractivity contribution in [1.29, 1.82) is 0 Å². The minimum atomic E-state index is 0. The van der Waals surface area contributed by atoms with Crippen molar-refractivity contribution in [2.45, 2.75) is 26.3 Å². The Hall–Kier alpha value is -1.06. The van der Waals surface area contributed by atoms with Gasteiger partial charge in [0.05, 0.1) is 13.2 Å². The lowest BCUT2D eigenvalue weighted by molar-refractivity contribution is 0.156. The molecule has 3 rings (SSSR count). The number of nitrogens with zero attached hydrogens (tertiary/aromatic N) is 3. The van der Waals surface area contributed by atoms with Gasteiger partial charge in [-0.25, -0.2) is 4.99 Å². The van der Waals surface area contributed by atoms with Crippen LogP contribution < -0.4 is 10.1 Å². The summed E-state index contributed by atoms with van der Waals surface area (Å²) >= 11 is 0. The number of hydrogen-bond donors (Lipinski definition) is 1. The van der Waals surface area contributed by atoms with Gasteiger partial charge in [-0.1, -0.05) is 12.1 Å². The van der Waals surface area contributed by atoms with Crippen LogP contribution in [0.15, 0.2) is 29.3 Å². The number of aliphatic imine (C=N–C) groups is 1. The van der Waals surface area contributed by atoms with Crippen molar-refractivity contribution in [2.24, 2.45) is 10.4 Å². The molecule has 0 aromatic heterocycles. The lowest BCUT2D eigenvalue weighted by atomic mass is 9.87. The van der Waals surface area contributed by atoms with Gasteiger partial charge in [0.15, 0.2) is 5.96 Å². The highest BCUT2D eigenvalue weighted by molar-refractivity contribution is 14.0. The van der Waals surface area contributed by atoms with Crippen molar-refractivity contribution in [3.63, 3.8) is 0 Å². The Morgan fingerprint density at radius 2 is 2.21 bits per heavy atom. The molecular weight excluding hydrogens is 467 g/mol. The van der Waals surface area contributed by atoms with E-state index in [2.05, 4.69) is 48.3 Å². The maximum absolute atomic E-state index is 5.84. The van der Waals surface area contributed by atoms with E-state index in [4.69, 9.17) is 14.5 Å². The zero-order valence-corrected chi connectivity index (χ0v) is 19.8. The highest BCUT2D eigenvalue weighted by Crippen LogP contribution is 2.38. The Morgan fingerprint density at radius 1 is 1.36 bits per heavy atom. The topological polar surface area (TPSA) is 49.3 Å². The second-order valence-corrected chi connectivity index (χ2v) is 7.94. The molecule has 158 valence electrons. The van der Waals surface area contributed by atoms with E-state index in [9.17, 15) is 0 Å². The molecule has 0 aliphatic carbocycles. The second kappa shape index (κ2) is 11.2. The molecule has 1 spiro atoms. The lowest BCUT2D eigenvalue weighted by Gasteiger charge is -2.25. The third kappa shape index (κ3) is 6.49. The van der Waals surface area contributed by atoms with Crippen molar-refractivity contribution < 1.29 is 9.47 Å². The predicted molar refractivity (Wildman–Crippen MR) is 125 cm³/mol. The molecule has 28 heavy (non-hydrogen) atoms. The van der Waals surface area contributed by atoms with Gasteiger partial charge in [0.25, 0.3) is 0 Å². The van der Waals surface area contributed by atoms with Gasteiger partial charge in [-0.3, -0.25) is 0 Å². The van der Waals surface area contributed by atoms with Gasteiger partial charge in [-0.05, 0) is 51.6 Å². The molecule has 2 aliphatic heterocycles. The lowest BCUT2D eigenvalue weighted by Crippen LogP contribution is -2.41. The van der Waals surface area contributed by atoms with Crippen LogP contribution in [0.4, 0.5) is 0 Å². The van der Waals surface area contributed by atoms with Gasteiger partial charge in [0, 0.05) is 38.2 Å². The molecule has 6 nitrogen and oxygen atoms in total. The van der Waals surface area contributed by atoms with E-state index < -0.39 is 0 Å². The van der Waals surface area contributed by atoms with Crippen molar-refractivity contribution in [1.82, 2.24) is 15.1 Å². The molecule has 0 radical (unpaired) electrons. The zero-order chi connectivity index (χ0) is 19.1. The molecule has 1 aromatic carbocycles. The largest absolute Gasteiger partial charge is 0.492 e. The van der Waals surface area contributed by atoms with Gasteiger partial charge in [-0.15, -0.1) is 24.0 Å². The number of ether oxygens (including phenoxy) is 2. The minimum absolute atomic E-state index is 0. The molecule has 2 fully saturated rings. The Labute approximate surface area is 186 Å². The molecule has 0 saturated carbocycles. The summed E-state index contributed by atoms with van der Waals surface area (Å²) in [5, 5.41) is 3.46. The van der Waals surface area contributed by atoms with Crippen LogP contribution in [-0.4, -0.2) is 75.9 Å². The van der Waals surface area contributed by atoms with Crippen molar-refractivity contribution >= 4 is 29.9 Å². The molecule has 2 aliphatic rings. The van der Waals surface area contributed by atoms with E-state index in [1.807, 2.05) is 12.1 Å². The van der Waals surface area contributed by atoms with E-state index in [0.29, 0.717) is 18.6 Å². The third-order valence-electron chi connectivity index (χ3n) is 5.37. The molecule has 0 bridgehead atoms. The first kappa shape index (κ1) is 23.2. The fraction of sp³-hybridized carbons (Fsp3) is 0.667. The first-order chi connectivity index (χ1) is 13.1. The molecule has 0 amide bonds. The summed E-state index contributed by atoms with van der Waals surface area (Å²) in [5.74, 6) is 1.93. The summed E-state index contributed by atoms with van der Waals surface area (Å²) in [6.45, 7) is 9.18. The summed E-state index contributed by atoms with van der Waals surface area (Å²) in [6, 6.07) is 8.27. The molecule has 7 heteroatoms. The summed E-state index contributed by atoms with van der Waals surface area (Å²) in [7, 11) is 4.11. The van der Waals surface area contributed by atoms with Crippen LogP contribution in [0.5, 0.6) is 5.75 Å². The van der Waals surface area contributed by atoms with E-state index in [1.54, 1.807) is 0 Å². The highest BCUT2D eigenvalue weighted by Gasteiger charge is 2.42. The maximum Gasteiger partial charge on any atom is 0.194 e. The number of nitrogens with one attached hydrogen (secondary N) is 1. The van der Waals surface area contributed by atoms with Crippen LogP contribution in [0, 0.1) is 5.41 Å². The molecule has 1 unspecified atom stereocenters. The van der Waals surface area contributed by atoms with Crippen LogP contribution in [0.25, 0.3) is 0 Å². The Balaban J connectivity index is 0.00000280. The zero-order valence-electron chi connectivity index (χ0n) is 17.4. The van der Waals surface area contributed by atoms with E-state index in [1.165, 1.54) is 18.4 Å². The number of likely N-dealkylation sites (tertiary alicyclic amines) is 1. The van der Waals surface area contributed by atoms with Crippen molar-refractivity contribution in [3.05, 3.63) is 29.8 Å². The van der Waals surface area contributed by atoms with Gasteiger partial charge in [0.1, 0.15) is 12.4 Å². The minimum Gasteiger partial charge on any atom is -0.492 e. The molecule has 2 heterocycles.